The SMILES string of the molecule is Cc1c(NC(=O)c2ccc(C)n2C)cccc1S(N)(=O)=O. The quantitative estimate of drug-likeness (QED) is 0.900. The topological polar surface area (TPSA) is 94.2 Å². The standard InChI is InChI=1S/C14H17N3O3S/c1-9-7-8-12(17(9)3)14(18)16-11-5-4-6-13(10(11)2)21(15,19)20/h4-8H,1-3H3,(H,16,18)(H2,15,19,20). The number of amides is 1. The summed E-state index contributed by atoms with van der Waals surface area (Å²) < 4.78 is 24.7. The molecule has 0 aliphatic heterocycles. The van der Waals surface area contributed by atoms with Crippen LogP contribution >= 0.6 is 0 Å². The molecule has 6 nitrogen and oxygen atoms in total. The number of sulfonamides is 1. The Morgan fingerprint density at radius 2 is 1.86 bits per heavy atom. The first-order chi connectivity index (χ1) is 9.71. The molecular weight excluding hydrogens is 290 g/mol. The highest BCUT2D eigenvalue weighted by molar-refractivity contribution is 7.89. The molecule has 2 aromatic rings. The molecule has 1 aromatic carbocycles. The Morgan fingerprint density at radius 3 is 2.38 bits per heavy atom. The normalized spacial score (nSPS) is 11.4. The molecule has 0 saturated heterocycles. The van der Waals surface area contributed by atoms with Gasteiger partial charge in [0.1, 0.15) is 5.69 Å². The van der Waals surface area contributed by atoms with Gasteiger partial charge in [-0.05, 0) is 43.7 Å². The first kappa shape index (κ1) is 15.3. The summed E-state index contributed by atoms with van der Waals surface area (Å²) in [5.74, 6) is -0.305. The van der Waals surface area contributed by atoms with Gasteiger partial charge in [0, 0.05) is 18.4 Å². The predicted octanol–water partition coefficient (Wildman–Crippen LogP) is 1.54. The van der Waals surface area contributed by atoms with E-state index in [0.717, 1.165) is 5.69 Å². The van der Waals surface area contributed by atoms with E-state index in [1.54, 1.807) is 36.7 Å². The van der Waals surface area contributed by atoms with Gasteiger partial charge in [-0.1, -0.05) is 6.07 Å². The molecule has 0 unspecified atom stereocenters. The van der Waals surface area contributed by atoms with E-state index in [9.17, 15) is 13.2 Å². The predicted molar refractivity (Wildman–Crippen MR) is 80.7 cm³/mol. The number of primary sulfonamides is 1. The molecule has 0 aliphatic rings. The number of nitrogens with one attached hydrogen (secondary N) is 1. The van der Waals surface area contributed by atoms with Crippen LogP contribution in [-0.2, 0) is 17.1 Å². The molecule has 0 atom stereocenters. The van der Waals surface area contributed by atoms with Gasteiger partial charge in [0.2, 0.25) is 10.0 Å². The van der Waals surface area contributed by atoms with Crippen molar-refractivity contribution in [2.75, 3.05) is 5.32 Å². The van der Waals surface area contributed by atoms with Crippen LogP contribution in [0.25, 0.3) is 0 Å². The lowest BCUT2D eigenvalue weighted by molar-refractivity contribution is 0.101. The van der Waals surface area contributed by atoms with E-state index in [2.05, 4.69) is 5.32 Å². The summed E-state index contributed by atoms with van der Waals surface area (Å²) in [7, 11) is -2.03. The molecular formula is C14H17N3O3S. The van der Waals surface area contributed by atoms with E-state index in [4.69, 9.17) is 5.14 Å². The Labute approximate surface area is 123 Å². The highest BCUT2D eigenvalue weighted by Gasteiger charge is 2.17. The van der Waals surface area contributed by atoms with E-state index in [-0.39, 0.29) is 10.8 Å². The molecule has 21 heavy (non-hydrogen) atoms. The minimum atomic E-state index is -3.82. The summed E-state index contributed by atoms with van der Waals surface area (Å²) in [5.41, 5.74) is 2.28. The van der Waals surface area contributed by atoms with Crippen molar-refractivity contribution >= 4 is 21.6 Å². The van der Waals surface area contributed by atoms with E-state index in [1.807, 2.05) is 13.0 Å². The van der Waals surface area contributed by atoms with Crippen LogP contribution in [0.4, 0.5) is 5.69 Å². The Morgan fingerprint density at radius 1 is 1.19 bits per heavy atom. The van der Waals surface area contributed by atoms with Gasteiger partial charge in [-0.25, -0.2) is 13.6 Å². The van der Waals surface area contributed by atoms with Gasteiger partial charge in [-0.3, -0.25) is 4.79 Å². The molecule has 0 fully saturated rings. The Kier molecular flexibility index (Phi) is 3.89. The van der Waals surface area contributed by atoms with E-state index in [0.29, 0.717) is 16.9 Å². The smallest absolute Gasteiger partial charge is 0.272 e. The van der Waals surface area contributed by atoms with Crippen molar-refractivity contribution in [3.63, 3.8) is 0 Å². The van der Waals surface area contributed by atoms with Gasteiger partial charge >= 0.3 is 0 Å². The van der Waals surface area contributed by atoms with Crippen LogP contribution in [0.5, 0.6) is 0 Å². The number of carbonyl (C=O) groups is 1. The van der Waals surface area contributed by atoms with Gasteiger partial charge in [0.05, 0.1) is 4.90 Å². The fraction of sp³-hybridized carbons (Fsp3) is 0.214. The summed E-state index contributed by atoms with van der Waals surface area (Å²) >= 11 is 0. The van der Waals surface area contributed by atoms with Crippen molar-refractivity contribution in [2.45, 2.75) is 18.7 Å². The second-order valence-electron chi connectivity index (χ2n) is 4.85. The van der Waals surface area contributed by atoms with Crippen LogP contribution < -0.4 is 10.5 Å². The second-order valence-corrected chi connectivity index (χ2v) is 6.38. The highest BCUT2D eigenvalue weighted by atomic mass is 32.2. The maximum absolute atomic E-state index is 12.2. The van der Waals surface area contributed by atoms with Gasteiger partial charge in [-0.15, -0.1) is 0 Å². The minimum Gasteiger partial charge on any atom is -0.344 e. The summed E-state index contributed by atoms with van der Waals surface area (Å²) in [6, 6.07) is 8.13. The molecule has 0 aliphatic carbocycles. The van der Waals surface area contributed by atoms with Crippen LogP contribution in [0.3, 0.4) is 0 Å². The summed E-state index contributed by atoms with van der Waals surface area (Å²) in [6.45, 7) is 3.50. The molecule has 1 heterocycles. The second kappa shape index (κ2) is 5.34. The first-order valence-electron chi connectivity index (χ1n) is 6.28. The van der Waals surface area contributed by atoms with Crippen molar-refractivity contribution < 1.29 is 13.2 Å². The number of hydrogen-bond acceptors (Lipinski definition) is 3. The van der Waals surface area contributed by atoms with Crippen LogP contribution in [0.15, 0.2) is 35.2 Å². The number of rotatable bonds is 3. The summed E-state index contributed by atoms with van der Waals surface area (Å²) in [6.07, 6.45) is 0. The van der Waals surface area contributed by atoms with E-state index >= 15 is 0 Å². The summed E-state index contributed by atoms with van der Waals surface area (Å²) in [5, 5.41) is 7.86. The Balaban J connectivity index is 2.37. The van der Waals surface area contributed by atoms with E-state index in [1.165, 1.54) is 6.07 Å². The monoisotopic (exact) mass is 307 g/mol. The minimum absolute atomic E-state index is 0.00311. The number of aromatic nitrogens is 1. The average Bonchev–Trinajstić information content (AvgIpc) is 2.71. The third-order valence-corrected chi connectivity index (χ3v) is 4.50. The molecule has 0 radical (unpaired) electrons. The Hall–Kier alpha value is -2.12. The molecule has 3 N–H and O–H groups in total. The molecule has 1 aromatic heterocycles. The lowest BCUT2D eigenvalue weighted by atomic mass is 10.2. The average molecular weight is 307 g/mol. The van der Waals surface area contributed by atoms with Crippen LogP contribution in [0.1, 0.15) is 21.7 Å². The van der Waals surface area contributed by atoms with E-state index < -0.39 is 10.0 Å². The molecule has 112 valence electrons. The number of carbonyl (C=O) groups excluding carboxylic acids is 1. The van der Waals surface area contributed by atoms with Crippen molar-refractivity contribution in [3.8, 4) is 0 Å². The Bertz CT molecular complexity index is 807. The molecule has 2 rings (SSSR count). The number of aryl methyl sites for hydroxylation is 1. The largest absolute Gasteiger partial charge is 0.344 e. The van der Waals surface area contributed by atoms with Crippen molar-refractivity contribution in [2.24, 2.45) is 12.2 Å². The molecule has 7 heteroatoms. The number of hydrogen-bond donors (Lipinski definition) is 2. The van der Waals surface area contributed by atoms with Gasteiger partial charge < -0.3 is 9.88 Å². The van der Waals surface area contributed by atoms with Gasteiger partial charge in [0.25, 0.3) is 5.91 Å². The molecule has 0 bridgehead atoms. The number of anilines is 1. The molecule has 0 saturated carbocycles. The number of nitrogens with zero attached hydrogens (tertiary/aromatic N) is 1. The lowest BCUT2D eigenvalue weighted by Crippen LogP contribution is -2.18. The van der Waals surface area contributed by atoms with Gasteiger partial charge in [0.15, 0.2) is 0 Å². The highest BCUT2D eigenvalue weighted by Crippen LogP contribution is 2.22. The summed E-state index contributed by atoms with van der Waals surface area (Å²) in [4.78, 5) is 12.3. The molecule has 0 spiro atoms. The van der Waals surface area contributed by atoms with Crippen LogP contribution in [0.2, 0.25) is 0 Å². The van der Waals surface area contributed by atoms with Crippen molar-refractivity contribution in [1.29, 1.82) is 0 Å². The zero-order valence-electron chi connectivity index (χ0n) is 12.0. The maximum Gasteiger partial charge on any atom is 0.272 e. The third-order valence-electron chi connectivity index (χ3n) is 3.44. The fourth-order valence-corrected chi connectivity index (χ4v) is 2.89. The van der Waals surface area contributed by atoms with Crippen molar-refractivity contribution in [1.82, 2.24) is 4.57 Å². The lowest BCUT2D eigenvalue weighted by Gasteiger charge is -2.12. The van der Waals surface area contributed by atoms with Gasteiger partial charge in [-0.2, -0.15) is 0 Å². The fourth-order valence-electron chi connectivity index (χ4n) is 2.09. The first-order valence-corrected chi connectivity index (χ1v) is 7.82. The number of nitrogens with two attached hydrogens (primary N) is 1. The number of benzene rings is 1. The third kappa shape index (κ3) is 2.98. The van der Waals surface area contributed by atoms with Crippen LogP contribution in [0, 0.1) is 13.8 Å². The van der Waals surface area contributed by atoms with Crippen molar-refractivity contribution in [3.05, 3.63) is 47.3 Å². The zero-order chi connectivity index (χ0) is 15.8. The van der Waals surface area contributed by atoms with Crippen LogP contribution in [-0.4, -0.2) is 18.9 Å². The molecule has 1 amide bonds. The zero-order valence-corrected chi connectivity index (χ0v) is 12.9. The maximum atomic E-state index is 12.2.